The minimum absolute atomic E-state index is 0.00464. The molecule has 152 valence electrons. The van der Waals surface area contributed by atoms with Gasteiger partial charge in [-0.15, -0.1) is 0 Å². The van der Waals surface area contributed by atoms with Crippen LogP contribution in [-0.2, 0) is 24.3 Å². The fraction of sp³-hybridized carbons (Fsp3) is 0.579. The van der Waals surface area contributed by atoms with Gasteiger partial charge in [-0.3, -0.25) is 9.59 Å². The summed E-state index contributed by atoms with van der Waals surface area (Å²) in [6, 6.07) is 6.24. The van der Waals surface area contributed by atoms with Gasteiger partial charge in [-0.1, -0.05) is 44.4 Å². The molecule has 0 heterocycles. The van der Waals surface area contributed by atoms with Crippen LogP contribution in [0.15, 0.2) is 29.2 Å². The third-order valence-electron chi connectivity index (χ3n) is 3.93. The number of benzene rings is 1. The van der Waals surface area contributed by atoms with Crippen molar-refractivity contribution in [3.63, 3.8) is 0 Å². The number of esters is 1. The number of rotatable bonds is 11. The first-order valence-electron chi connectivity index (χ1n) is 9.11. The molecule has 1 amide bonds. The lowest BCUT2D eigenvalue weighted by Crippen LogP contribution is -2.37. The maximum Gasteiger partial charge on any atom is 0.321 e. The van der Waals surface area contributed by atoms with E-state index in [1.165, 1.54) is 12.1 Å². The summed E-state index contributed by atoms with van der Waals surface area (Å²) in [5.41, 5.74) is 0.929. The maximum atomic E-state index is 12.1. The number of sulfonamides is 1. The molecule has 0 spiro atoms. The average Bonchev–Trinajstić information content (AvgIpc) is 2.58. The first-order valence-corrected chi connectivity index (χ1v) is 10.6. The van der Waals surface area contributed by atoms with E-state index in [-0.39, 0.29) is 10.9 Å². The second-order valence-electron chi connectivity index (χ2n) is 7.09. The number of nitrogens with one attached hydrogen (secondary N) is 2. The molecule has 1 unspecified atom stereocenters. The van der Waals surface area contributed by atoms with Crippen LogP contribution in [0.4, 0.5) is 0 Å². The van der Waals surface area contributed by atoms with Crippen LogP contribution >= 0.6 is 0 Å². The molecule has 1 aromatic carbocycles. The highest BCUT2D eigenvalue weighted by atomic mass is 32.2. The Balaban J connectivity index is 2.32. The van der Waals surface area contributed by atoms with Gasteiger partial charge in [0.05, 0.1) is 4.90 Å². The molecule has 0 saturated carbocycles. The Morgan fingerprint density at radius 2 is 1.70 bits per heavy atom. The normalized spacial score (nSPS) is 12.6. The summed E-state index contributed by atoms with van der Waals surface area (Å²) >= 11 is 0. The van der Waals surface area contributed by atoms with Gasteiger partial charge in [0.2, 0.25) is 10.0 Å². The lowest BCUT2D eigenvalue weighted by Gasteiger charge is -2.14. The van der Waals surface area contributed by atoms with Gasteiger partial charge in [0, 0.05) is 6.04 Å². The van der Waals surface area contributed by atoms with E-state index in [4.69, 9.17) is 4.74 Å². The van der Waals surface area contributed by atoms with Gasteiger partial charge in [-0.2, -0.15) is 4.72 Å². The summed E-state index contributed by atoms with van der Waals surface area (Å²) in [6.45, 7) is 7.08. The third-order valence-corrected chi connectivity index (χ3v) is 5.35. The van der Waals surface area contributed by atoms with Crippen molar-refractivity contribution in [3.8, 4) is 0 Å². The van der Waals surface area contributed by atoms with E-state index in [0.717, 1.165) is 24.8 Å². The Labute approximate surface area is 161 Å². The molecule has 0 bridgehead atoms. The Bertz CT molecular complexity index is 714. The van der Waals surface area contributed by atoms with E-state index in [9.17, 15) is 18.0 Å². The Hall–Kier alpha value is -1.93. The molecular formula is C19H30N2O5S. The molecule has 0 aliphatic heterocycles. The quantitative estimate of drug-likeness (QED) is 0.556. The van der Waals surface area contributed by atoms with Crippen molar-refractivity contribution < 1.29 is 22.7 Å². The summed E-state index contributed by atoms with van der Waals surface area (Å²) in [7, 11) is -3.80. The average molecular weight is 399 g/mol. The molecule has 0 saturated heterocycles. The van der Waals surface area contributed by atoms with Crippen molar-refractivity contribution >= 4 is 21.9 Å². The summed E-state index contributed by atoms with van der Waals surface area (Å²) < 4.78 is 31.1. The highest BCUT2D eigenvalue weighted by Crippen LogP contribution is 2.10. The van der Waals surface area contributed by atoms with Crippen molar-refractivity contribution in [2.75, 3.05) is 13.2 Å². The maximum absolute atomic E-state index is 12.1. The number of aryl methyl sites for hydroxylation is 1. The van der Waals surface area contributed by atoms with Gasteiger partial charge in [-0.25, -0.2) is 8.42 Å². The van der Waals surface area contributed by atoms with Gasteiger partial charge in [0.25, 0.3) is 5.91 Å². The van der Waals surface area contributed by atoms with Crippen LogP contribution in [0.5, 0.6) is 0 Å². The Morgan fingerprint density at radius 1 is 1.07 bits per heavy atom. The molecule has 7 nitrogen and oxygen atoms in total. The molecule has 0 fully saturated rings. The van der Waals surface area contributed by atoms with Crippen LogP contribution < -0.4 is 10.0 Å². The first-order chi connectivity index (χ1) is 12.6. The fourth-order valence-corrected chi connectivity index (χ4v) is 3.34. The molecule has 0 aliphatic rings. The molecule has 1 aromatic rings. The smallest absolute Gasteiger partial charge is 0.321 e. The number of hydrogen-bond donors (Lipinski definition) is 2. The lowest BCUT2D eigenvalue weighted by atomic mass is 10.0. The predicted molar refractivity (Wildman–Crippen MR) is 104 cm³/mol. The second-order valence-corrected chi connectivity index (χ2v) is 8.86. The monoisotopic (exact) mass is 398 g/mol. The highest BCUT2D eigenvalue weighted by molar-refractivity contribution is 7.89. The van der Waals surface area contributed by atoms with Crippen molar-refractivity contribution in [1.82, 2.24) is 10.0 Å². The van der Waals surface area contributed by atoms with Crippen LogP contribution in [0, 0.1) is 12.8 Å². The van der Waals surface area contributed by atoms with Gasteiger partial charge < -0.3 is 10.1 Å². The molecule has 0 radical (unpaired) electrons. The van der Waals surface area contributed by atoms with Crippen LogP contribution in [-0.4, -0.2) is 39.5 Å². The van der Waals surface area contributed by atoms with E-state index in [2.05, 4.69) is 23.9 Å². The minimum atomic E-state index is -3.80. The SMILES string of the molecule is Cc1ccc(S(=O)(=O)NCC(=O)OCC(=O)NC(C)CCCC(C)C)cc1. The van der Waals surface area contributed by atoms with Crippen molar-refractivity contribution in [3.05, 3.63) is 29.8 Å². The van der Waals surface area contributed by atoms with Crippen LogP contribution in [0.1, 0.15) is 45.6 Å². The first kappa shape index (κ1) is 23.1. The molecule has 27 heavy (non-hydrogen) atoms. The summed E-state index contributed by atoms with van der Waals surface area (Å²) in [4.78, 5) is 23.5. The number of hydrogen-bond acceptors (Lipinski definition) is 5. The summed E-state index contributed by atoms with van der Waals surface area (Å²) in [5.74, 6) is -0.590. The zero-order chi connectivity index (χ0) is 20.4. The van der Waals surface area contributed by atoms with E-state index in [1.807, 2.05) is 13.8 Å². The number of carbonyl (C=O) groups excluding carboxylic acids is 2. The zero-order valence-electron chi connectivity index (χ0n) is 16.4. The molecular weight excluding hydrogens is 368 g/mol. The van der Waals surface area contributed by atoms with Crippen molar-refractivity contribution in [2.45, 2.75) is 57.9 Å². The summed E-state index contributed by atoms with van der Waals surface area (Å²) in [6.07, 6.45) is 2.96. The Morgan fingerprint density at radius 3 is 2.30 bits per heavy atom. The zero-order valence-corrected chi connectivity index (χ0v) is 17.3. The van der Waals surface area contributed by atoms with Gasteiger partial charge in [0.1, 0.15) is 6.54 Å². The minimum Gasteiger partial charge on any atom is -0.455 e. The largest absolute Gasteiger partial charge is 0.455 e. The van der Waals surface area contributed by atoms with Crippen molar-refractivity contribution in [1.29, 1.82) is 0 Å². The van der Waals surface area contributed by atoms with Crippen LogP contribution in [0.2, 0.25) is 0 Å². The van der Waals surface area contributed by atoms with Crippen LogP contribution in [0.3, 0.4) is 0 Å². The summed E-state index contributed by atoms with van der Waals surface area (Å²) in [5, 5.41) is 2.76. The second kappa shape index (κ2) is 11.0. The lowest BCUT2D eigenvalue weighted by molar-refractivity contribution is -0.147. The number of amides is 1. The molecule has 8 heteroatoms. The molecule has 1 atom stereocenters. The highest BCUT2D eigenvalue weighted by Gasteiger charge is 2.17. The Kier molecular flexibility index (Phi) is 9.45. The van der Waals surface area contributed by atoms with Crippen LogP contribution in [0.25, 0.3) is 0 Å². The fourth-order valence-electron chi connectivity index (χ4n) is 2.37. The van der Waals surface area contributed by atoms with Gasteiger partial charge in [0.15, 0.2) is 6.61 Å². The number of carbonyl (C=O) groups is 2. The number of ether oxygens (including phenoxy) is 1. The molecule has 2 N–H and O–H groups in total. The topological polar surface area (TPSA) is 102 Å². The van der Waals surface area contributed by atoms with Gasteiger partial charge >= 0.3 is 5.97 Å². The molecule has 0 aromatic heterocycles. The predicted octanol–water partition coefficient (Wildman–Crippen LogP) is 2.15. The van der Waals surface area contributed by atoms with E-state index >= 15 is 0 Å². The molecule has 1 rings (SSSR count). The third kappa shape index (κ3) is 9.53. The van der Waals surface area contributed by atoms with E-state index in [1.54, 1.807) is 12.1 Å². The van der Waals surface area contributed by atoms with E-state index < -0.39 is 35.1 Å². The van der Waals surface area contributed by atoms with Gasteiger partial charge in [-0.05, 0) is 38.3 Å². The molecule has 0 aliphatic carbocycles. The standard InChI is InChI=1S/C19H30N2O5S/c1-14(2)6-5-7-16(4)21-18(22)13-26-19(23)12-20-27(24,25)17-10-8-15(3)9-11-17/h8-11,14,16,20H,5-7,12-13H2,1-4H3,(H,21,22). The van der Waals surface area contributed by atoms with E-state index in [0.29, 0.717) is 5.92 Å². The van der Waals surface area contributed by atoms with Crippen molar-refractivity contribution in [2.24, 2.45) is 5.92 Å².